The minimum Gasteiger partial charge on any atom is -0.490 e. The Morgan fingerprint density at radius 3 is 2.35 bits per heavy atom. The summed E-state index contributed by atoms with van der Waals surface area (Å²) in [5.41, 5.74) is 5.57. The average molecular weight is 665 g/mol. The number of benzene rings is 3. The summed E-state index contributed by atoms with van der Waals surface area (Å²) in [6.45, 7) is 1.37. The molecule has 0 spiro atoms. The summed E-state index contributed by atoms with van der Waals surface area (Å²) in [5.74, 6) is -2.89. The van der Waals surface area contributed by atoms with Crippen LogP contribution in [0.1, 0.15) is 41.5 Å². The van der Waals surface area contributed by atoms with Crippen LogP contribution in [0.4, 0.5) is 22.0 Å². The predicted molar refractivity (Wildman–Crippen MR) is 159 cm³/mol. The van der Waals surface area contributed by atoms with Crippen LogP contribution in [0, 0.1) is 18.6 Å². The highest BCUT2D eigenvalue weighted by atomic mass is 35.5. The zero-order valence-electron chi connectivity index (χ0n) is 24.7. The van der Waals surface area contributed by atoms with Crippen molar-refractivity contribution in [2.45, 2.75) is 44.5 Å². The lowest BCUT2D eigenvalue weighted by molar-refractivity contribution is -0.141. The molecule has 2 aliphatic rings. The third-order valence-electron chi connectivity index (χ3n) is 8.17. The number of rotatable bonds is 11. The Balaban J connectivity index is 1.31. The van der Waals surface area contributed by atoms with Crippen LogP contribution in [-0.4, -0.2) is 48.6 Å². The van der Waals surface area contributed by atoms with Crippen molar-refractivity contribution < 1.29 is 45.8 Å². The first-order chi connectivity index (χ1) is 21.8. The smallest absolute Gasteiger partial charge is 0.417 e. The molecule has 1 fully saturated rings. The van der Waals surface area contributed by atoms with Crippen LogP contribution >= 0.6 is 11.6 Å². The summed E-state index contributed by atoms with van der Waals surface area (Å²) < 4.78 is 84.4. The van der Waals surface area contributed by atoms with Crippen LogP contribution < -0.4 is 15.2 Å². The molecule has 5 rings (SSSR count). The maximum atomic E-state index is 14.2. The van der Waals surface area contributed by atoms with E-state index in [1.165, 1.54) is 25.1 Å². The van der Waals surface area contributed by atoms with Gasteiger partial charge in [-0.1, -0.05) is 41.9 Å². The number of alkyl halides is 3. The first-order valence-electron chi connectivity index (χ1n) is 14.4. The molecule has 1 aliphatic heterocycles. The van der Waals surface area contributed by atoms with Crippen LogP contribution in [-0.2, 0) is 27.1 Å². The van der Waals surface area contributed by atoms with E-state index in [9.17, 15) is 31.5 Å². The van der Waals surface area contributed by atoms with Crippen molar-refractivity contribution in [1.82, 2.24) is 4.90 Å². The number of amides is 1. The Kier molecular flexibility index (Phi) is 9.59. The molecule has 46 heavy (non-hydrogen) atoms. The van der Waals surface area contributed by atoms with Gasteiger partial charge in [-0.3, -0.25) is 9.69 Å². The van der Waals surface area contributed by atoms with Crippen molar-refractivity contribution in [3.05, 3.63) is 99.1 Å². The van der Waals surface area contributed by atoms with E-state index in [2.05, 4.69) is 0 Å². The fourth-order valence-electron chi connectivity index (χ4n) is 5.43. The summed E-state index contributed by atoms with van der Waals surface area (Å²) in [6, 6.07) is 12.6. The molecule has 0 unspecified atom stereocenters. The van der Waals surface area contributed by atoms with Gasteiger partial charge in [-0.25, -0.2) is 13.6 Å². The second-order valence-electron chi connectivity index (χ2n) is 11.1. The molecular formula is C33H30ClF5N2O5. The number of nitrogens with two attached hydrogens (primary N) is 1. The molecule has 13 heteroatoms. The minimum absolute atomic E-state index is 0.00526. The van der Waals surface area contributed by atoms with Crippen molar-refractivity contribution in [3.63, 3.8) is 0 Å². The number of halogens is 6. The van der Waals surface area contributed by atoms with Crippen molar-refractivity contribution in [2.24, 2.45) is 5.73 Å². The molecule has 0 aromatic heterocycles. The van der Waals surface area contributed by atoms with Gasteiger partial charge in [0.25, 0.3) is 0 Å². The number of carbonyl (C=O) groups is 2. The predicted octanol–water partition coefficient (Wildman–Crippen LogP) is 6.62. The fraction of sp³-hybridized carbons (Fsp3) is 0.333. The lowest BCUT2D eigenvalue weighted by atomic mass is 9.92. The summed E-state index contributed by atoms with van der Waals surface area (Å²) in [6.07, 6.45) is -3.20. The maximum absolute atomic E-state index is 14.2. The number of primary amides is 1. The van der Waals surface area contributed by atoms with Gasteiger partial charge in [-0.05, 0) is 67.2 Å². The monoisotopic (exact) mass is 664 g/mol. The van der Waals surface area contributed by atoms with E-state index in [1.807, 2.05) is 4.90 Å². The average Bonchev–Trinajstić information content (AvgIpc) is 3.84. The molecule has 0 saturated heterocycles. The van der Waals surface area contributed by atoms with Gasteiger partial charge in [0.2, 0.25) is 5.91 Å². The quantitative estimate of drug-likeness (QED) is 0.141. The zero-order chi connectivity index (χ0) is 33.2. The van der Waals surface area contributed by atoms with Gasteiger partial charge in [-0.15, -0.1) is 0 Å². The van der Waals surface area contributed by atoms with Crippen LogP contribution in [0.15, 0.2) is 60.2 Å². The second kappa shape index (κ2) is 13.3. The van der Waals surface area contributed by atoms with Crippen LogP contribution in [0.3, 0.4) is 0 Å². The lowest BCUT2D eigenvalue weighted by Gasteiger charge is -2.35. The van der Waals surface area contributed by atoms with Crippen molar-refractivity contribution in [3.8, 4) is 11.5 Å². The van der Waals surface area contributed by atoms with E-state index < -0.39 is 58.2 Å². The molecule has 0 radical (unpaired) electrons. The molecule has 1 saturated carbocycles. The highest BCUT2D eigenvalue weighted by Gasteiger charge is 2.54. The SMILES string of the molecule is Cc1ccc(F)c(OCCOc2ccc(C3=C(C(=O)OCc4cccc(C(F)(F)F)c4Cl)CN(C4(C(N)=O)CC4)CC3)cc2)c1F. The first kappa shape index (κ1) is 33.2. The van der Waals surface area contributed by atoms with Crippen molar-refractivity contribution >= 4 is 29.1 Å². The molecule has 7 nitrogen and oxygen atoms in total. The Morgan fingerprint density at radius 1 is 1.00 bits per heavy atom. The summed E-state index contributed by atoms with van der Waals surface area (Å²) in [7, 11) is 0. The largest absolute Gasteiger partial charge is 0.490 e. The van der Waals surface area contributed by atoms with Gasteiger partial charge in [0.05, 0.1) is 16.2 Å². The first-order valence-corrected chi connectivity index (χ1v) is 14.8. The number of ether oxygens (including phenoxy) is 3. The van der Waals surface area contributed by atoms with E-state index in [1.54, 1.807) is 24.3 Å². The van der Waals surface area contributed by atoms with E-state index in [4.69, 9.17) is 31.5 Å². The number of esters is 1. The standard InChI is InChI=1S/C33H30ClF5N2O5/c1-19-5-10-26(35)29(28(19)36)45-16-15-44-22-8-6-20(7-9-22)23-11-14-41(32(12-13-32)31(40)43)17-24(23)30(42)46-18-21-3-2-4-25(27(21)34)33(37,38)39/h2-10H,11-18H2,1H3,(H2,40,43). The fourth-order valence-corrected chi connectivity index (χ4v) is 5.72. The minimum atomic E-state index is -4.68. The maximum Gasteiger partial charge on any atom is 0.417 e. The molecule has 1 amide bonds. The Hall–Kier alpha value is -4.16. The third kappa shape index (κ3) is 6.97. The third-order valence-corrected chi connectivity index (χ3v) is 8.61. The highest BCUT2D eigenvalue weighted by Crippen LogP contribution is 2.45. The molecular weight excluding hydrogens is 635 g/mol. The molecule has 3 aromatic carbocycles. The van der Waals surface area contributed by atoms with Gasteiger partial charge < -0.3 is 19.9 Å². The molecule has 1 aliphatic carbocycles. The van der Waals surface area contributed by atoms with Gasteiger partial charge in [0, 0.05) is 18.7 Å². The second-order valence-corrected chi connectivity index (χ2v) is 11.5. The number of aryl methyl sites for hydroxylation is 1. The molecule has 0 atom stereocenters. The van der Waals surface area contributed by atoms with E-state index >= 15 is 0 Å². The van der Waals surface area contributed by atoms with E-state index in [0.29, 0.717) is 42.7 Å². The highest BCUT2D eigenvalue weighted by molar-refractivity contribution is 6.32. The van der Waals surface area contributed by atoms with Crippen LogP contribution in [0.25, 0.3) is 5.57 Å². The van der Waals surface area contributed by atoms with Gasteiger partial charge in [-0.2, -0.15) is 13.2 Å². The summed E-state index contributed by atoms with van der Waals surface area (Å²) in [4.78, 5) is 27.5. The Morgan fingerprint density at radius 2 is 1.70 bits per heavy atom. The number of hydrogen-bond acceptors (Lipinski definition) is 6. The van der Waals surface area contributed by atoms with Gasteiger partial charge in [0.1, 0.15) is 31.1 Å². The van der Waals surface area contributed by atoms with Crippen molar-refractivity contribution in [2.75, 3.05) is 26.3 Å². The normalized spacial score (nSPS) is 16.2. The van der Waals surface area contributed by atoms with Crippen LogP contribution in [0.5, 0.6) is 11.5 Å². The lowest BCUT2D eigenvalue weighted by Crippen LogP contribution is -2.50. The van der Waals surface area contributed by atoms with E-state index in [-0.39, 0.29) is 36.5 Å². The van der Waals surface area contributed by atoms with Crippen molar-refractivity contribution in [1.29, 1.82) is 0 Å². The number of carbonyl (C=O) groups excluding carboxylic acids is 2. The molecule has 2 N–H and O–H groups in total. The van der Waals surface area contributed by atoms with Gasteiger partial charge >= 0.3 is 12.1 Å². The Labute approximate surface area is 266 Å². The number of hydrogen-bond donors (Lipinski definition) is 1. The van der Waals surface area contributed by atoms with Crippen LogP contribution in [0.2, 0.25) is 5.02 Å². The zero-order valence-corrected chi connectivity index (χ0v) is 25.4. The number of nitrogens with zero attached hydrogens (tertiary/aromatic N) is 1. The topological polar surface area (TPSA) is 91.1 Å². The summed E-state index contributed by atoms with van der Waals surface area (Å²) in [5, 5.41) is -0.553. The molecule has 3 aromatic rings. The Bertz CT molecular complexity index is 1670. The molecule has 244 valence electrons. The van der Waals surface area contributed by atoms with Gasteiger partial charge in [0.15, 0.2) is 17.4 Å². The molecule has 0 bridgehead atoms. The van der Waals surface area contributed by atoms with E-state index in [0.717, 1.165) is 12.1 Å². The summed E-state index contributed by atoms with van der Waals surface area (Å²) >= 11 is 5.99. The molecule has 1 heterocycles.